The number of sulfonamides is 1. The van der Waals surface area contributed by atoms with Crippen LogP contribution in [0.1, 0.15) is 31.2 Å². The molecule has 8 heteroatoms. The van der Waals surface area contributed by atoms with Gasteiger partial charge in [-0.25, -0.2) is 17.1 Å². The Hall–Kier alpha value is -1.80. The molecule has 0 bridgehead atoms. The molecule has 1 aromatic heterocycles. The third kappa shape index (κ3) is 4.24. The topological polar surface area (TPSA) is 68.1 Å². The van der Waals surface area contributed by atoms with Gasteiger partial charge in [0.1, 0.15) is 18.0 Å². The maximum absolute atomic E-state index is 13.8. The molecule has 3 rings (SSSR count). The molecule has 0 radical (unpaired) electrons. The normalized spacial score (nSPS) is 19.2. The van der Waals surface area contributed by atoms with Gasteiger partial charge in [0.2, 0.25) is 10.0 Å². The lowest BCUT2D eigenvalue weighted by atomic mass is 9.96. The Morgan fingerprint density at radius 1 is 1.32 bits per heavy atom. The standard InChI is InChI=1S/C17H23FN4O2S/c1-2-21-13-19-20-17(21)10-14-6-5-9-22(11-14)25(23,24)12-15-7-3-4-8-16(15)18/h3-4,7-8,13-14H,2,5-6,9-12H2,1H3. The molecule has 1 aliphatic rings. The van der Waals surface area contributed by atoms with Crippen LogP contribution >= 0.6 is 0 Å². The molecular formula is C17H23FN4O2S. The highest BCUT2D eigenvalue weighted by molar-refractivity contribution is 7.88. The largest absolute Gasteiger partial charge is 0.318 e. The number of piperidine rings is 1. The number of benzene rings is 1. The summed E-state index contributed by atoms with van der Waals surface area (Å²) in [6.07, 6.45) is 4.17. The molecule has 0 aliphatic carbocycles. The lowest BCUT2D eigenvalue weighted by Crippen LogP contribution is -2.41. The van der Waals surface area contributed by atoms with Crippen molar-refractivity contribution in [3.8, 4) is 0 Å². The van der Waals surface area contributed by atoms with Crippen LogP contribution in [0.25, 0.3) is 0 Å². The lowest BCUT2D eigenvalue weighted by Gasteiger charge is -2.31. The lowest BCUT2D eigenvalue weighted by molar-refractivity contribution is 0.261. The second-order valence-electron chi connectivity index (χ2n) is 6.45. The van der Waals surface area contributed by atoms with Crippen LogP contribution in [0.3, 0.4) is 0 Å². The van der Waals surface area contributed by atoms with Crippen LogP contribution in [0.15, 0.2) is 30.6 Å². The quantitative estimate of drug-likeness (QED) is 0.786. The molecule has 1 atom stereocenters. The first-order valence-electron chi connectivity index (χ1n) is 8.57. The Bertz CT molecular complexity index is 822. The van der Waals surface area contributed by atoms with Gasteiger partial charge in [0.25, 0.3) is 0 Å². The van der Waals surface area contributed by atoms with Crippen molar-refractivity contribution < 1.29 is 12.8 Å². The third-order valence-electron chi connectivity index (χ3n) is 4.68. The van der Waals surface area contributed by atoms with Gasteiger partial charge in [0, 0.05) is 31.6 Å². The first kappa shape index (κ1) is 18.0. The van der Waals surface area contributed by atoms with Crippen molar-refractivity contribution in [2.45, 2.75) is 38.5 Å². The molecule has 1 aromatic carbocycles. The van der Waals surface area contributed by atoms with E-state index in [4.69, 9.17) is 0 Å². The predicted octanol–water partition coefficient (Wildman–Crippen LogP) is 2.22. The molecule has 6 nitrogen and oxygen atoms in total. The zero-order valence-corrected chi connectivity index (χ0v) is 15.1. The summed E-state index contributed by atoms with van der Waals surface area (Å²) in [7, 11) is -3.54. The highest BCUT2D eigenvalue weighted by atomic mass is 32.2. The molecule has 25 heavy (non-hydrogen) atoms. The summed E-state index contributed by atoms with van der Waals surface area (Å²) in [5.41, 5.74) is 0.218. The van der Waals surface area contributed by atoms with Crippen molar-refractivity contribution in [3.63, 3.8) is 0 Å². The van der Waals surface area contributed by atoms with Crippen LogP contribution < -0.4 is 0 Å². The van der Waals surface area contributed by atoms with Crippen molar-refractivity contribution >= 4 is 10.0 Å². The highest BCUT2D eigenvalue weighted by Gasteiger charge is 2.30. The fraction of sp³-hybridized carbons (Fsp3) is 0.529. The van der Waals surface area contributed by atoms with E-state index in [-0.39, 0.29) is 17.2 Å². The minimum absolute atomic E-state index is 0.207. The van der Waals surface area contributed by atoms with Gasteiger partial charge < -0.3 is 4.57 Å². The van der Waals surface area contributed by atoms with Crippen LogP contribution in [-0.4, -0.2) is 40.6 Å². The average molecular weight is 366 g/mol. The zero-order chi connectivity index (χ0) is 17.9. The van der Waals surface area contributed by atoms with Gasteiger partial charge in [0.15, 0.2) is 0 Å². The highest BCUT2D eigenvalue weighted by Crippen LogP contribution is 2.24. The Kier molecular flexibility index (Phi) is 5.48. The smallest absolute Gasteiger partial charge is 0.218 e. The first-order chi connectivity index (χ1) is 12.0. The molecular weight excluding hydrogens is 343 g/mol. The Balaban J connectivity index is 1.69. The SMILES string of the molecule is CCn1cnnc1CC1CCCN(S(=O)(=O)Cc2ccccc2F)C1. The third-order valence-corrected chi connectivity index (χ3v) is 6.47. The molecule has 2 aromatic rings. The van der Waals surface area contributed by atoms with Gasteiger partial charge in [-0.3, -0.25) is 0 Å². The maximum atomic E-state index is 13.8. The van der Waals surface area contributed by atoms with E-state index >= 15 is 0 Å². The van der Waals surface area contributed by atoms with Crippen molar-refractivity contribution in [3.05, 3.63) is 47.8 Å². The number of hydrogen-bond donors (Lipinski definition) is 0. The number of rotatable bonds is 6. The average Bonchev–Trinajstić information content (AvgIpc) is 3.04. The second kappa shape index (κ2) is 7.61. The van der Waals surface area contributed by atoms with Gasteiger partial charge >= 0.3 is 0 Å². The van der Waals surface area contributed by atoms with E-state index in [2.05, 4.69) is 10.2 Å². The first-order valence-corrected chi connectivity index (χ1v) is 10.2. The van der Waals surface area contributed by atoms with Crippen molar-refractivity contribution in [2.75, 3.05) is 13.1 Å². The second-order valence-corrected chi connectivity index (χ2v) is 8.42. The summed E-state index contributed by atoms with van der Waals surface area (Å²) in [5, 5.41) is 8.07. The van der Waals surface area contributed by atoms with Gasteiger partial charge in [-0.15, -0.1) is 10.2 Å². The van der Waals surface area contributed by atoms with Gasteiger partial charge in [-0.05, 0) is 31.7 Å². The van der Waals surface area contributed by atoms with Crippen LogP contribution in [0.4, 0.5) is 4.39 Å². The Labute approximate surface area is 147 Å². The van der Waals surface area contributed by atoms with E-state index in [0.717, 1.165) is 25.2 Å². The Morgan fingerprint density at radius 3 is 2.88 bits per heavy atom. The van der Waals surface area contributed by atoms with E-state index in [1.807, 2.05) is 11.5 Å². The summed E-state index contributed by atoms with van der Waals surface area (Å²) in [4.78, 5) is 0. The van der Waals surface area contributed by atoms with Crippen molar-refractivity contribution in [2.24, 2.45) is 5.92 Å². The molecule has 136 valence electrons. The van der Waals surface area contributed by atoms with E-state index < -0.39 is 15.8 Å². The van der Waals surface area contributed by atoms with E-state index in [9.17, 15) is 12.8 Å². The number of aryl methyl sites for hydroxylation is 1. The molecule has 1 fully saturated rings. The molecule has 2 heterocycles. The van der Waals surface area contributed by atoms with Crippen LogP contribution in [0, 0.1) is 11.7 Å². The van der Waals surface area contributed by atoms with E-state index in [1.54, 1.807) is 18.5 Å². The summed E-state index contributed by atoms with van der Waals surface area (Å²) in [5.74, 6) is 0.326. The van der Waals surface area contributed by atoms with Crippen LogP contribution in [0.5, 0.6) is 0 Å². The summed E-state index contributed by atoms with van der Waals surface area (Å²) in [6.45, 7) is 3.77. The fourth-order valence-electron chi connectivity index (χ4n) is 3.31. The number of hydrogen-bond acceptors (Lipinski definition) is 4. The number of halogens is 1. The van der Waals surface area contributed by atoms with E-state index in [1.165, 1.54) is 16.4 Å². The minimum Gasteiger partial charge on any atom is -0.318 e. The fourth-order valence-corrected chi connectivity index (χ4v) is 4.96. The molecule has 1 unspecified atom stereocenters. The number of aromatic nitrogens is 3. The summed E-state index contributed by atoms with van der Waals surface area (Å²) in [6, 6.07) is 6.04. The van der Waals surface area contributed by atoms with Crippen LogP contribution in [0.2, 0.25) is 0 Å². The van der Waals surface area contributed by atoms with Crippen LogP contribution in [-0.2, 0) is 28.7 Å². The monoisotopic (exact) mass is 366 g/mol. The molecule has 1 aliphatic heterocycles. The minimum atomic E-state index is -3.54. The molecule has 0 N–H and O–H groups in total. The summed E-state index contributed by atoms with van der Waals surface area (Å²) >= 11 is 0. The molecule has 1 saturated heterocycles. The molecule has 0 amide bonds. The van der Waals surface area contributed by atoms with Crippen molar-refractivity contribution in [1.82, 2.24) is 19.1 Å². The maximum Gasteiger partial charge on any atom is 0.218 e. The zero-order valence-electron chi connectivity index (χ0n) is 14.3. The predicted molar refractivity (Wildman–Crippen MR) is 92.7 cm³/mol. The van der Waals surface area contributed by atoms with Gasteiger partial charge in [-0.2, -0.15) is 0 Å². The Morgan fingerprint density at radius 2 is 2.12 bits per heavy atom. The molecule has 0 spiro atoms. The van der Waals surface area contributed by atoms with Gasteiger partial charge in [-0.1, -0.05) is 18.2 Å². The van der Waals surface area contributed by atoms with E-state index in [0.29, 0.717) is 19.5 Å². The van der Waals surface area contributed by atoms with Crippen molar-refractivity contribution in [1.29, 1.82) is 0 Å². The number of nitrogens with zero attached hydrogens (tertiary/aromatic N) is 4. The molecule has 0 saturated carbocycles. The summed E-state index contributed by atoms with van der Waals surface area (Å²) < 4.78 is 42.7. The van der Waals surface area contributed by atoms with Gasteiger partial charge in [0.05, 0.1) is 5.75 Å².